The molecule has 1 aromatic carbocycles. The third-order valence-electron chi connectivity index (χ3n) is 3.80. The van der Waals surface area contributed by atoms with Gasteiger partial charge in [-0.05, 0) is 12.0 Å². The highest BCUT2D eigenvalue weighted by Crippen LogP contribution is 2.50. The van der Waals surface area contributed by atoms with Crippen LogP contribution in [0.1, 0.15) is 42.7 Å². The summed E-state index contributed by atoms with van der Waals surface area (Å²) in [5, 5.41) is 20.1. The molecule has 0 amide bonds. The van der Waals surface area contributed by atoms with Crippen molar-refractivity contribution in [1.29, 1.82) is 5.26 Å². The second kappa shape index (κ2) is 5.19. The van der Waals surface area contributed by atoms with E-state index in [-0.39, 0.29) is 0 Å². The Morgan fingerprint density at radius 2 is 2.14 bits per heavy atom. The Morgan fingerprint density at radius 3 is 2.81 bits per heavy atom. The molecule has 2 unspecified atom stereocenters. The van der Waals surface area contributed by atoms with E-state index in [0.717, 1.165) is 12.0 Å². The zero-order chi connectivity index (χ0) is 14.9. The number of aliphatic hydroxyl groups is 1. The molecule has 21 heavy (non-hydrogen) atoms. The molecule has 0 saturated carbocycles. The second-order valence-corrected chi connectivity index (χ2v) is 5.27. The van der Waals surface area contributed by atoms with Gasteiger partial charge in [0.2, 0.25) is 0 Å². The normalized spacial score (nSPS) is 23.2. The van der Waals surface area contributed by atoms with Crippen LogP contribution in [-0.4, -0.2) is 10.1 Å². The van der Waals surface area contributed by atoms with Gasteiger partial charge in [0.1, 0.15) is 17.5 Å². The van der Waals surface area contributed by atoms with E-state index in [9.17, 15) is 5.11 Å². The number of fused-ring (bicyclic) bond motifs is 1. The van der Waals surface area contributed by atoms with Crippen molar-refractivity contribution in [3.63, 3.8) is 0 Å². The summed E-state index contributed by atoms with van der Waals surface area (Å²) in [7, 11) is 0. The van der Waals surface area contributed by atoms with Crippen LogP contribution in [0, 0.1) is 11.3 Å². The SMILES string of the molecule is CCCC1(O)c2ncc(C#N)cc2OC1c1ccccc1. The third kappa shape index (κ3) is 2.16. The van der Waals surface area contributed by atoms with Gasteiger partial charge in [0.25, 0.3) is 0 Å². The fraction of sp³-hybridized carbons (Fsp3) is 0.294. The molecule has 0 saturated heterocycles. The van der Waals surface area contributed by atoms with E-state index >= 15 is 0 Å². The lowest BCUT2D eigenvalue weighted by Gasteiger charge is -2.28. The number of rotatable bonds is 3. The summed E-state index contributed by atoms with van der Waals surface area (Å²) in [6.07, 6.45) is 2.36. The fourth-order valence-electron chi connectivity index (χ4n) is 2.87. The lowest BCUT2D eigenvalue weighted by Crippen LogP contribution is -2.32. The summed E-state index contributed by atoms with van der Waals surface area (Å²) in [5.74, 6) is 0.499. The summed E-state index contributed by atoms with van der Waals surface area (Å²) in [6.45, 7) is 2.02. The largest absolute Gasteiger partial charge is 0.480 e. The monoisotopic (exact) mass is 280 g/mol. The van der Waals surface area contributed by atoms with E-state index in [1.807, 2.05) is 43.3 Å². The van der Waals surface area contributed by atoms with Crippen molar-refractivity contribution < 1.29 is 9.84 Å². The summed E-state index contributed by atoms with van der Waals surface area (Å²) in [4.78, 5) is 4.28. The van der Waals surface area contributed by atoms with Gasteiger partial charge in [-0.25, -0.2) is 0 Å². The lowest BCUT2D eigenvalue weighted by atomic mass is 9.85. The van der Waals surface area contributed by atoms with Gasteiger partial charge in [0.05, 0.1) is 5.56 Å². The first-order valence-electron chi connectivity index (χ1n) is 7.03. The fourth-order valence-corrected chi connectivity index (χ4v) is 2.87. The molecule has 0 fully saturated rings. The van der Waals surface area contributed by atoms with E-state index in [4.69, 9.17) is 10.00 Å². The minimum absolute atomic E-state index is 0.432. The molecule has 0 bridgehead atoms. The Hall–Kier alpha value is -2.38. The molecule has 0 spiro atoms. The third-order valence-corrected chi connectivity index (χ3v) is 3.80. The van der Waals surface area contributed by atoms with E-state index in [1.54, 1.807) is 6.07 Å². The minimum atomic E-state index is -1.15. The van der Waals surface area contributed by atoms with E-state index < -0.39 is 11.7 Å². The number of aromatic nitrogens is 1. The van der Waals surface area contributed by atoms with Crippen LogP contribution in [0.4, 0.5) is 0 Å². The molecular formula is C17H16N2O2. The number of nitriles is 1. The predicted molar refractivity (Wildman–Crippen MR) is 77.6 cm³/mol. The molecule has 0 radical (unpaired) electrons. The molecule has 2 heterocycles. The first-order chi connectivity index (χ1) is 10.2. The van der Waals surface area contributed by atoms with Gasteiger partial charge in [-0.15, -0.1) is 0 Å². The quantitative estimate of drug-likeness (QED) is 0.938. The van der Waals surface area contributed by atoms with Crippen molar-refractivity contribution in [3.05, 3.63) is 59.4 Å². The molecule has 1 aromatic heterocycles. The Kier molecular flexibility index (Phi) is 3.36. The molecule has 2 aromatic rings. The standard InChI is InChI=1S/C17H16N2O2/c1-2-8-17(20)15-14(9-12(10-18)11-19-15)21-16(17)13-6-4-3-5-7-13/h3-7,9,11,16,20H,2,8H2,1H3. The van der Waals surface area contributed by atoms with Crippen LogP contribution in [0.15, 0.2) is 42.6 Å². The van der Waals surface area contributed by atoms with Crippen LogP contribution in [-0.2, 0) is 5.60 Å². The molecule has 0 aliphatic carbocycles. The Balaban J connectivity index is 2.10. The van der Waals surface area contributed by atoms with Crippen molar-refractivity contribution in [2.45, 2.75) is 31.5 Å². The molecule has 106 valence electrons. The van der Waals surface area contributed by atoms with Gasteiger partial charge in [-0.3, -0.25) is 4.98 Å². The molecule has 3 rings (SSSR count). The average Bonchev–Trinajstić information content (AvgIpc) is 2.81. The maximum absolute atomic E-state index is 11.1. The Morgan fingerprint density at radius 1 is 1.38 bits per heavy atom. The smallest absolute Gasteiger partial charge is 0.158 e. The predicted octanol–water partition coefficient (Wildman–Crippen LogP) is 3.07. The molecule has 2 atom stereocenters. The number of ether oxygens (including phenoxy) is 1. The summed E-state index contributed by atoms with van der Waals surface area (Å²) in [6, 6.07) is 13.3. The maximum Gasteiger partial charge on any atom is 0.158 e. The van der Waals surface area contributed by atoms with Crippen LogP contribution in [0.5, 0.6) is 5.75 Å². The van der Waals surface area contributed by atoms with Gasteiger partial charge in [0.15, 0.2) is 11.7 Å². The van der Waals surface area contributed by atoms with Gasteiger partial charge in [-0.2, -0.15) is 5.26 Å². The van der Waals surface area contributed by atoms with Crippen molar-refractivity contribution in [3.8, 4) is 11.8 Å². The number of pyridine rings is 1. The first kappa shape index (κ1) is 13.6. The molecule has 4 heteroatoms. The Labute approximate surface area is 123 Å². The zero-order valence-corrected chi connectivity index (χ0v) is 11.8. The molecule has 1 N–H and O–H groups in total. The van der Waals surface area contributed by atoms with Crippen molar-refractivity contribution in [2.75, 3.05) is 0 Å². The number of hydrogen-bond acceptors (Lipinski definition) is 4. The highest BCUT2D eigenvalue weighted by molar-refractivity contribution is 5.45. The average molecular weight is 280 g/mol. The van der Waals surface area contributed by atoms with Crippen LogP contribution >= 0.6 is 0 Å². The topological polar surface area (TPSA) is 66.1 Å². The second-order valence-electron chi connectivity index (χ2n) is 5.27. The maximum atomic E-state index is 11.1. The van der Waals surface area contributed by atoms with Crippen molar-refractivity contribution in [1.82, 2.24) is 4.98 Å². The molecular weight excluding hydrogens is 264 g/mol. The molecule has 4 nitrogen and oxygen atoms in total. The van der Waals surface area contributed by atoms with E-state index in [1.165, 1.54) is 6.20 Å². The van der Waals surface area contributed by atoms with Crippen LogP contribution < -0.4 is 4.74 Å². The molecule has 1 aliphatic heterocycles. The summed E-state index contributed by atoms with van der Waals surface area (Å²) >= 11 is 0. The van der Waals surface area contributed by atoms with Gasteiger partial charge in [-0.1, -0.05) is 43.7 Å². The molecule has 1 aliphatic rings. The Bertz CT molecular complexity index is 694. The zero-order valence-electron chi connectivity index (χ0n) is 11.8. The van der Waals surface area contributed by atoms with Crippen LogP contribution in [0.2, 0.25) is 0 Å². The van der Waals surface area contributed by atoms with Crippen molar-refractivity contribution >= 4 is 0 Å². The van der Waals surface area contributed by atoms with Gasteiger partial charge < -0.3 is 9.84 Å². The number of nitrogens with zero attached hydrogens (tertiary/aromatic N) is 2. The lowest BCUT2D eigenvalue weighted by molar-refractivity contribution is -0.0513. The summed E-state index contributed by atoms with van der Waals surface area (Å²) in [5.41, 5.74) is 0.711. The van der Waals surface area contributed by atoms with Gasteiger partial charge >= 0.3 is 0 Å². The highest BCUT2D eigenvalue weighted by atomic mass is 16.5. The van der Waals surface area contributed by atoms with Gasteiger partial charge in [0, 0.05) is 12.3 Å². The number of benzene rings is 1. The van der Waals surface area contributed by atoms with Crippen molar-refractivity contribution in [2.24, 2.45) is 0 Å². The first-order valence-corrected chi connectivity index (χ1v) is 7.03. The number of hydrogen-bond donors (Lipinski definition) is 1. The van der Waals surface area contributed by atoms with Crippen LogP contribution in [0.25, 0.3) is 0 Å². The minimum Gasteiger partial charge on any atom is -0.480 e. The van der Waals surface area contributed by atoms with E-state index in [2.05, 4.69) is 4.98 Å². The summed E-state index contributed by atoms with van der Waals surface area (Å²) < 4.78 is 5.94. The van der Waals surface area contributed by atoms with E-state index in [0.29, 0.717) is 23.4 Å². The van der Waals surface area contributed by atoms with Crippen LogP contribution in [0.3, 0.4) is 0 Å². The highest BCUT2D eigenvalue weighted by Gasteiger charge is 2.49.